The largest absolute Gasteiger partial charge is 0.396 e. The van der Waals surface area contributed by atoms with Crippen molar-refractivity contribution in [2.24, 2.45) is 5.73 Å². The Morgan fingerprint density at radius 2 is 2.32 bits per heavy atom. The van der Waals surface area contributed by atoms with Crippen molar-refractivity contribution in [3.63, 3.8) is 0 Å². The van der Waals surface area contributed by atoms with Gasteiger partial charge in [-0.05, 0) is 43.4 Å². The Kier molecular flexibility index (Phi) is 4.93. The van der Waals surface area contributed by atoms with Crippen molar-refractivity contribution in [2.75, 3.05) is 13.2 Å². The molecule has 1 aliphatic heterocycles. The molecule has 19 heavy (non-hydrogen) atoms. The Balaban J connectivity index is 2.09. The molecule has 0 radical (unpaired) electrons. The van der Waals surface area contributed by atoms with E-state index in [0.29, 0.717) is 6.54 Å². The van der Waals surface area contributed by atoms with Gasteiger partial charge in [0, 0.05) is 31.3 Å². The Hall–Kier alpha value is -1.39. The highest BCUT2D eigenvalue weighted by atomic mass is 16.3. The summed E-state index contributed by atoms with van der Waals surface area (Å²) < 4.78 is 0. The SMILES string of the molecule is NCc1cccc(C(=O)N2CCCC2CCCO)c1. The highest BCUT2D eigenvalue weighted by Crippen LogP contribution is 2.23. The lowest BCUT2D eigenvalue weighted by atomic mass is 10.1. The van der Waals surface area contributed by atoms with Gasteiger partial charge in [0.25, 0.3) is 5.91 Å². The molecule has 104 valence electrons. The first kappa shape index (κ1) is 14.0. The third kappa shape index (κ3) is 3.33. The molecule has 2 rings (SSSR count). The molecule has 1 saturated heterocycles. The van der Waals surface area contributed by atoms with Gasteiger partial charge in [-0.25, -0.2) is 0 Å². The number of rotatable bonds is 5. The topological polar surface area (TPSA) is 66.6 Å². The Morgan fingerprint density at radius 3 is 3.05 bits per heavy atom. The summed E-state index contributed by atoms with van der Waals surface area (Å²) in [6.07, 6.45) is 3.75. The lowest BCUT2D eigenvalue weighted by Crippen LogP contribution is -2.35. The van der Waals surface area contributed by atoms with E-state index < -0.39 is 0 Å². The van der Waals surface area contributed by atoms with Gasteiger partial charge >= 0.3 is 0 Å². The molecule has 1 aliphatic rings. The summed E-state index contributed by atoms with van der Waals surface area (Å²) in [5.74, 6) is 0.0933. The van der Waals surface area contributed by atoms with E-state index >= 15 is 0 Å². The zero-order chi connectivity index (χ0) is 13.7. The van der Waals surface area contributed by atoms with Gasteiger partial charge in [0.05, 0.1) is 0 Å². The quantitative estimate of drug-likeness (QED) is 0.845. The van der Waals surface area contributed by atoms with Crippen molar-refractivity contribution in [2.45, 2.75) is 38.3 Å². The zero-order valence-electron chi connectivity index (χ0n) is 11.2. The molecule has 0 aliphatic carbocycles. The number of aliphatic hydroxyl groups excluding tert-OH is 1. The lowest BCUT2D eigenvalue weighted by molar-refractivity contribution is 0.0724. The molecular weight excluding hydrogens is 240 g/mol. The number of amides is 1. The Bertz CT molecular complexity index is 434. The van der Waals surface area contributed by atoms with Crippen LogP contribution in [0.4, 0.5) is 0 Å². The van der Waals surface area contributed by atoms with Crippen molar-refractivity contribution in [1.29, 1.82) is 0 Å². The molecule has 1 amide bonds. The predicted molar refractivity (Wildman–Crippen MR) is 74.7 cm³/mol. The molecular formula is C15H22N2O2. The summed E-state index contributed by atoms with van der Waals surface area (Å²) in [7, 11) is 0. The van der Waals surface area contributed by atoms with Gasteiger partial charge in [-0.1, -0.05) is 12.1 Å². The van der Waals surface area contributed by atoms with Gasteiger partial charge in [-0.15, -0.1) is 0 Å². The van der Waals surface area contributed by atoms with E-state index in [2.05, 4.69) is 0 Å². The van der Waals surface area contributed by atoms with E-state index in [4.69, 9.17) is 10.8 Å². The number of nitrogens with two attached hydrogens (primary N) is 1. The standard InChI is InChI=1S/C15H22N2O2/c16-11-12-4-1-5-13(10-12)15(19)17-8-2-6-14(17)7-3-9-18/h1,4-5,10,14,18H,2-3,6-9,11,16H2. The molecule has 1 unspecified atom stereocenters. The zero-order valence-corrected chi connectivity index (χ0v) is 11.2. The minimum Gasteiger partial charge on any atom is -0.396 e. The van der Waals surface area contributed by atoms with Crippen LogP contribution in [-0.2, 0) is 6.54 Å². The molecule has 1 aromatic carbocycles. The maximum atomic E-state index is 12.5. The molecule has 1 heterocycles. The van der Waals surface area contributed by atoms with Crippen LogP contribution < -0.4 is 5.73 Å². The normalized spacial score (nSPS) is 18.8. The van der Waals surface area contributed by atoms with E-state index in [0.717, 1.165) is 43.4 Å². The fourth-order valence-corrected chi connectivity index (χ4v) is 2.73. The molecule has 4 nitrogen and oxygen atoms in total. The average Bonchev–Trinajstić information content (AvgIpc) is 2.92. The van der Waals surface area contributed by atoms with E-state index in [1.54, 1.807) is 0 Å². The average molecular weight is 262 g/mol. The number of benzene rings is 1. The van der Waals surface area contributed by atoms with Crippen molar-refractivity contribution < 1.29 is 9.90 Å². The number of carbonyl (C=O) groups excluding carboxylic acids is 1. The minimum atomic E-state index is 0.0933. The van der Waals surface area contributed by atoms with Crippen molar-refractivity contribution in [1.82, 2.24) is 4.90 Å². The van der Waals surface area contributed by atoms with Crippen LogP contribution >= 0.6 is 0 Å². The lowest BCUT2D eigenvalue weighted by Gasteiger charge is -2.24. The second-order valence-electron chi connectivity index (χ2n) is 5.06. The van der Waals surface area contributed by atoms with Gasteiger partial charge in [-0.2, -0.15) is 0 Å². The summed E-state index contributed by atoms with van der Waals surface area (Å²) in [5.41, 5.74) is 7.32. The number of nitrogens with zero attached hydrogens (tertiary/aromatic N) is 1. The van der Waals surface area contributed by atoms with Crippen LogP contribution in [-0.4, -0.2) is 35.1 Å². The number of carbonyl (C=O) groups is 1. The highest BCUT2D eigenvalue weighted by molar-refractivity contribution is 5.94. The molecule has 1 fully saturated rings. The van der Waals surface area contributed by atoms with Gasteiger partial charge in [0.2, 0.25) is 0 Å². The van der Waals surface area contributed by atoms with Gasteiger partial charge < -0.3 is 15.7 Å². The summed E-state index contributed by atoms with van der Waals surface area (Å²) in [6, 6.07) is 7.83. The number of aliphatic hydroxyl groups is 1. The first-order valence-electron chi connectivity index (χ1n) is 6.97. The van der Waals surface area contributed by atoms with E-state index in [1.165, 1.54) is 0 Å². The van der Waals surface area contributed by atoms with Gasteiger partial charge in [-0.3, -0.25) is 4.79 Å². The van der Waals surface area contributed by atoms with Crippen molar-refractivity contribution in [3.8, 4) is 0 Å². The van der Waals surface area contributed by atoms with Crippen LogP contribution in [0.3, 0.4) is 0 Å². The molecule has 0 bridgehead atoms. The maximum Gasteiger partial charge on any atom is 0.254 e. The van der Waals surface area contributed by atoms with Crippen LogP contribution in [0.2, 0.25) is 0 Å². The molecule has 0 spiro atoms. The Morgan fingerprint density at radius 1 is 1.47 bits per heavy atom. The Labute approximate surface area is 114 Å². The van der Waals surface area contributed by atoms with Crippen LogP contribution in [0.1, 0.15) is 41.6 Å². The van der Waals surface area contributed by atoms with Gasteiger partial charge in [0.15, 0.2) is 0 Å². The smallest absolute Gasteiger partial charge is 0.254 e. The molecule has 1 aromatic rings. The highest BCUT2D eigenvalue weighted by Gasteiger charge is 2.28. The van der Waals surface area contributed by atoms with E-state index in [-0.39, 0.29) is 18.6 Å². The first-order chi connectivity index (χ1) is 9.26. The first-order valence-corrected chi connectivity index (χ1v) is 6.97. The predicted octanol–water partition coefficient (Wildman–Crippen LogP) is 1.52. The molecule has 1 atom stereocenters. The van der Waals surface area contributed by atoms with Crippen molar-refractivity contribution in [3.05, 3.63) is 35.4 Å². The fourth-order valence-electron chi connectivity index (χ4n) is 2.73. The number of hydrogen-bond donors (Lipinski definition) is 2. The third-order valence-electron chi connectivity index (χ3n) is 3.74. The number of hydrogen-bond acceptors (Lipinski definition) is 3. The summed E-state index contributed by atoms with van der Waals surface area (Å²) in [4.78, 5) is 14.5. The summed E-state index contributed by atoms with van der Waals surface area (Å²) in [5, 5.41) is 8.92. The maximum absolute atomic E-state index is 12.5. The monoisotopic (exact) mass is 262 g/mol. The molecule has 3 N–H and O–H groups in total. The van der Waals surface area contributed by atoms with Crippen LogP contribution in [0, 0.1) is 0 Å². The third-order valence-corrected chi connectivity index (χ3v) is 3.74. The summed E-state index contributed by atoms with van der Waals surface area (Å²) >= 11 is 0. The fraction of sp³-hybridized carbons (Fsp3) is 0.533. The molecule has 0 aromatic heterocycles. The number of likely N-dealkylation sites (tertiary alicyclic amines) is 1. The molecule has 0 saturated carbocycles. The minimum absolute atomic E-state index is 0.0933. The second-order valence-corrected chi connectivity index (χ2v) is 5.06. The summed E-state index contributed by atoms with van der Waals surface area (Å²) in [6.45, 7) is 1.47. The van der Waals surface area contributed by atoms with Crippen LogP contribution in [0.5, 0.6) is 0 Å². The molecule has 4 heteroatoms. The van der Waals surface area contributed by atoms with Gasteiger partial charge in [0.1, 0.15) is 0 Å². The van der Waals surface area contributed by atoms with Crippen LogP contribution in [0.25, 0.3) is 0 Å². The van der Waals surface area contributed by atoms with E-state index in [1.807, 2.05) is 29.2 Å². The van der Waals surface area contributed by atoms with Crippen molar-refractivity contribution >= 4 is 5.91 Å². The van der Waals surface area contributed by atoms with Crippen LogP contribution in [0.15, 0.2) is 24.3 Å². The van der Waals surface area contributed by atoms with E-state index in [9.17, 15) is 4.79 Å². The second kappa shape index (κ2) is 6.68.